The minimum Gasteiger partial charge on any atom is -1.00 e. The van der Waals surface area contributed by atoms with Crippen molar-refractivity contribution in [2.45, 2.75) is 84.7 Å². The van der Waals surface area contributed by atoms with Crippen LogP contribution >= 0.6 is 7.49 Å². The molecule has 0 aromatic carbocycles. The van der Waals surface area contributed by atoms with Crippen LogP contribution in [0.5, 0.6) is 0 Å². The van der Waals surface area contributed by atoms with E-state index in [1.165, 1.54) is 63.7 Å². The summed E-state index contributed by atoms with van der Waals surface area (Å²) in [5.74, 6) is 0. The predicted octanol–water partition coefficient (Wildman–Crippen LogP) is 3.14. The minimum atomic E-state index is -1.15. The maximum atomic E-state index is 6.20. The molecule has 0 spiro atoms. The molecule has 118 valence electrons. The van der Waals surface area contributed by atoms with Gasteiger partial charge in [0.05, 0.1) is 25.1 Å². The molecule has 0 aliphatic heterocycles. The van der Waals surface area contributed by atoms with Crippen LogP contribution in [0.3, 0.4) is 0 Å². The standard InChI is InChI=1S/C16H36OP.ClH/c1-6-10-13-16(9-4)18(17-5,14-11-7-2)15-12-8-3;/h16H,6-15H2,1-5H3;1H/q+1;/p-1. The van der Waals surface area contributed by atoms with Crippen LogP contribution < -0.4 is 12.4 Å². The molecular weight excluding hydrogens is 275 g/mol. The molecule has 1 nitrogen and oxygen atoms in total. The fourth-order valence-electron chi connectivity index (χ4n) is 2.87. The average molecular weight is 311 g/mol. The number of hydrogen-bond acceptors (Lipinski definition) is 1. The Morgan fingerprint density at radius 2 is 1.32 bits per heavy atom. The molecule has 0 aliphatic rings. The van der Waals surface area contributed by atoms with Crippen molar-refractivity contribution in [2.24, 2.45) is 0 Å². The van der Waals surface area contributed by atoms with E-state index >= 15 is 0 Å². The molecule has 0 aromatic rings. The third-order valence-corrected chi connectivity index (χ3v) is 9.00. The van der Waals surface area contributed by atoms with Crippen molar-refractivity contribution in [3.8, 4) is 0 Å². The molecule has 0 amide bonds. The molecule has 1 unspecified atom stereocenters. The molecule has 0 heterocycles. The lowest BCUT2D eigenvalue weighted by Crippen LogP contribution is -3.00. The first kappa shape index (κ1) is 22.0. The maximum Gasteiger partial charge on any atom is 0.148 e. The summed E-state index contributed by atoms with van der Waals surface area (Å²) in [6.07, 6.45) is 13.5. The van der Waals surface area contributed by atoms with E-state index in [2.05, 4.69) is 27.7 Å². The van der Waals surface area contributed by atoms with Gasteiger partial charge in [0, 0.05) is 0 Å². The van der Waals surface area contributed by atoms with Crippen molar-refractivity contribution in [3.05, 3.63) is 0 Å². The van der Waals surface area contributed by atoms with Gasteiger partial charge in [-0.05, 0) is 32.1 Å². The Bertz CT molecular complexity index is 180. The first-order chi connectivity index (χ1) is 8.70. The van der Waals surface area contributed by atoms with E-state index in [1.807, 2.05) is 7.11 Å². The Hall–Kier alpha value is 0.680. The lowest BCUT2D eigenvalue weighted by molar-refractivity contribution is -0.00000472. The van der Waals surface area contributed by atoms with Gasteiger partial charge in [0.25, 0.3) is 0 Å². The van der Waals surface area contributed by atoms with Gasteiger partial charge in [0.15, 0.2) is 0 Å². The first-order valence-electron chi connectivity index (χ1n) is 8.13. The SMILES string of the molecule is CCCCC(CC)[P+](CCCC)(CCCC)OC.[Cl-]. The van der Waals surface area contributed by atoms with Crippen LogP contribution in [0.1, 0.15) is 79.1 Å². The van der Waals surface area contributed by atoms with Crippen LogP contribution in [-0.4, -0.2) is 25.1 Å². The monoisotopic (exact) mass is 310 g/mol. The molecular formula is C16H36ClOP. The summed E-state index contributed by atoms with van der Waals surface area (Å²) in [7, 11) is 0.844. The van der Waals surface area contributed by atoms with E-state index in [0.29, 0.717) is 0 Å². The van der Waals surface area contributed by atoms with E-state index in [0.717, 1.165) is 5.66 Å². The molecule has 0 aliphatic carbocycles. The van der Waals surface area contributed by atoms with Crippen LogP contribution in [-0.2, 0) is 4.52 Å². The first-order valence-corrected chi connectivity index (χ1v) is 10.3. The van der Waals surface area contributed by atoms with Gasteiger partial charge in [0.2, 0.25) is 0 Å². The van der Waals surface area contributed by atoms with Gasteiger partial charge in [-0.1, -0.05) is 47.0 Å². The second-order valence-electron chi connectivity index (χ2n) is 5.49. The minimum absolute atomic E-state index is 0. The zero-order chi connectivity index (χ0) is 13.9. The van der Waals surface area contributed by atoms with Gasteiger partial charge < -0.3 is 12.4 Å². The molecule has 19 heavy (non-hydrogen) atoms. The van der Waals surface area contributed by atoms with Crippen LogP contribution in [0, 0.1) is 0 Å². The highest BCUT2D eigenvalue weighted by Crippen LogP contribution is 2.66. The van der Waals surface area contributed by atoms with Gasteiger partial charge >= 0.3 is 0 Å². The summed E-state index contributed by atoms with van der Waals surface area (Å²) >= 11 is 0. The number of unbranched alkanes of at least 4 members (excludes halogenated alkanes) is 3. The Balaban J connectivity index is 0. The van der Waals surface area contributed by atoms with E-state index in [1.54, 1.807) is 0 Å². The van der Waals surface area contributed by atoms with Crippen LogP contribution in [0.2, 0.25) is 0 Å². The summed E-state index contributed by atoms with van der Waals surface area (Å²) < 4.78 is 6.20. The summed E-state index contributed by atoms with van der Waals surface area (Å²) in [6, 6.07) is 0. The van der Waals surface area contributed by atoms with Crippen molar-refractivity contribution in [2.75, 3.05) is 19.4 Å². The van der Waals surface area contributed by atoms with E-state index in [-0.39, 0.29) is 12.4 Å². The predicted molar refractivity (Wildman–Crippen MR) is 87.1 cm³/mol. The van der Waals surface area contributed by atoms with Crippen molar-refractivity contribution in [3.63, 3.8) is 0 Å². The Kier molecular flexibility index (Phi) is 15.8. The highest BCUT2D eigenvalue weighted by molar-refractivity contribution is 7.71. The molecule has 0 fully saturated rings. The summed E-state index contributed by atoms with van der Waals surface area (Å²) in [4.78, 5) is 0. The van der Waals surface area contributed by atoms with Gasteiger partial charge in [-0.3, -0.25) is 0 Å². The number of halogens is 1. The zero-order valence-corrected chi connectivity index (χ0v) is 15.5. The number of rotatable bonds is 12. The maximum absolute atomic E-state index is 6.20. The third-order valence-electron chi connectivity index (χ3n) is 4.17. The quantitative estimate of drug-likeness (QED) is 0.503. The van der Waals surface area contributed by atoms with Crippen molar-refractivity contribution < 1.29 is 16.9 Å². The van der Waals surface area contributed by atoms with E-state index in [4.69, 9.17) is 4.52 Å². The average Bonchev–Trinajstić information content (AvgIpc) is 2.41. The topological polar surface area (TPSA) is 9.23 Å². The Labute approximate surface area is 129 Å². The molecule has 0 saturated carbocycles. The lowest BCUT2D eigenvalue weighted by Gasteiger charge is -2.32. The summed E-state index contributed by atoms with van der Waals surface area (Å²) in [5.41, 5.74) is 0.862. The fourth-order valence-corrected chi connectivity index (χ4v) is 7.51. The molecule has 0 aromatic heterocycles. The summed E-state index contributed by atoms with van der Waals surface area (Å²) in [6.45, 7) is 9.28. The highest BCUT2D eigenvalue weighted by atomic mass is 35.5. The van der Waals surface area contributed by atoms with Gasteiger partial charge in [-0.25, -0.2) is 4.52 Å². The van der Waals surface area contributed by atoms with E-state index in [9.17, 15) is 0 Å². The normalized spacial score (nSPS) is 13.1. The number of hydrogen-bond donors (Lipinski definition) is 0. The van der Waals surface area contributed by atoms with E-state index < -0.39 is 7.49 Å². The molecule has 0 radical (unpaired) electrons. The second kappa shape index (κ2) is 13.7. The molecule has 0 N–H and O–H groups in total. The van der Waals surface area contributed by atoms with Crippen LogP contribution in [0.25, 0.3) is 0 Å². The molecule has 3 heteroatoms. The van der Waals surface area contributed by atoms with Crippen molar-refractivity contribution in [1.29, 1.82) is 0 Å². The van der Waals surface area contributed by atoms with Gasteiger partial charge in [-0.15, -0.1) is 0 Å². The van der Waals surface area contributed by atoms with Crippen molar-refractivity contribution in [1.82, 2.24) is 0 Å². The summed E-state index contributed by atoms with van der Waals surface area (Å²) in [5, 5.41) is 0. The molecule has 1 atom stereocenters. The lowest BCUT2D eigenvalue weighted by atomic mass is 10.2. The van der Waals surface area contributed by atoms with Crippen molar-refractivity contribution >= 4 is 7.49 Å². The fraction of sp³-hybridized carbons (Fsp3) is 1.00. The largest absolute Gasteiger partial charge is 1.00 e. The third kappa shape index (κ3) is 7.88. The Morgan fingerprint density at radius 1 is 0.842 bits per heavy atom. The van der Waals surface area contributed by atoms with Gasteiger partial charge in [0.1, 0.15) is 7.49 Å². The Morgan fingerprint density at radius 3 is 1.63 bits per heavy atom. The smallest absolute Gasteiger partial charge is 0.148 e. The molecule has 0 rings (SSSR count). The van der Waals surface area contributed by atoms with Gasteiger partial charge in [-0.2, -0.15) is 0 Å². The molecule has 0 bridgehead atoms. The van der Waals surface area contributed by atoms with Crippen LogP contribution in [0.15, 0.2) is 0 Å². The zero-order valence-electron chi connectivity index (χ0n) is 13.9. The van der Waals surface area contributed by atoms with Crippen LogP contribution in [0.4, 0.5) is 0 Å². The second-order valence-corrected chi connectivity index (χ2v) is 9.39. The molecule has 0 saturated heterocycles. The highest BCUT2D eigenvalue weighted by Gasteiger charge is 2.44.